The minimum absolute atomic E-state index is 0.0602. The van der Waals surface area contributed by atoms with E-state index in [-0.39, 0.29) is 54.4 Å². The summed E-state index contributed by atoms with van der Waals surface area (Å²) in [6, 6.07) is 11.2. The van der Waals surface area contributed by atoms with Crippen molar-refractivity contribution >= 4 is 29.0 Å². The number of aryl methyl sites for hydroxylation is 2. The molecule has 0 saturated carbocycles. The van der Waals surface area contributed by atoms with Crippen molar-refractivity contribution in [3.8, 4) is 0 Å². The first kappa shape index (κ1) is 24.4. The maximum atomic E-state index is 15.7. The quantitative estimate of drug-likeness (QED) is 0.395. The third-order valence-corrected chi connectivity index (χ3v) is 6.84. The van der Waals surface area contributed by atoms with Gasteiger partial charge in [-0.1, -0.05) is 24.3 Å². The largest absolute Gasteiger partial charge is 0.477 e. The van der Waals surface area contributed by atoms with E-state index in [1.807, 2.05) is 32.0 Å². The number of anilines is 2. The van der Waals surface area contributed by atoms with Crippen LogP contribution in [0.1, 0.15) is 50.2 Å². The van der Waals surface area contributed by atoms with Crippen LogP contribution in [0.4, 0.5) is 20.3 Å². The number of nitrogens with zero attached hydrogens (tertiary/aromatic N) is 4. The van der Waals surface area contributed by atoms with Gasteiger partial charge in [-0.15, -0.1) is 0 Å². The lowest BCUT2D eigenvalue weighted by Gasteiger charge is -2.37. The molecule has 1 aliphatic heterocycles. The van der Waals surface area contributed by atoms with E-state index >= 15 is 4.39 Å². The number of halogens is 2. The van der Waals surface area contributed by atoms with E-state index in [9.17, 15) is 19.1 Å². The van der Waals surface area contributed by atoms with E-state index in [1.54, 1.807) is 4.90 Å². The Kier molecular flexibility index (Phi) is 6.10. The van der Waals surface area contributed by atoms with Gasteiger partial charge in [-0.25, -0.2) is 18.6 Å². The third-order valence-electron chi connectivity index (χ3n) is 6.84. The monoisotopic (exact) mass is 505 g/mol. The van der Waals surface area contributed by atoms with Gasteiger partial charge in [0.2, 0.25) is 0 Å². The summed E-state index contributed by atoms with van der Waals surface area (Å²) in [5.74, 6) is -1.73. The molecular formula is C27H25F2N5O3. The molecule has 190 valence electrons. The number of carbonyl (C=O) groups is 2. The van der Waals surface area contributed by atoms with Crippen molar-refractivity contribution in [2.45, 2.75) is 32.4 Å². The van der Waals surface area contributed by atoms with Gasteiger partial charge in [0.1, 0.15) is 28.4 Å². The Morgan fingerprint density at radius 3 is 2.41 bits per heavy atom. The maximum absolute atomic E-state index is 15.7. The number of hydrogen-bond donors (Lipinski definition) is 2. The molecule has 8 nitrogen and oxygen atoms in total. The Balaban J connectivity index is 1.49. The van der Waals surface area contributed by atoms with Crippen molar-refractivity contribution in [2.24, 2.45) is 0 Å². The first-order chi connectivity index (χ1) is 17.7. The van der Waals surface area contributed by atoms with Gasteiger partial charge in [0.25, 0.3) is 5.91 Å². The lowest BCUT2D eigenvalue weighted by molar-refractivity contribution is 0.0421. The maximum Gasteiger partial charge on any atom is 0.341 e. The Morgan fingerprint density at radius 2 is 1.73 bits per heavy atom. The minimum atomic E-state index is -1.66. The molecule has 5 rings (SSSR count). The highest BCUT2D eigenvalue weighted by Crippen LogP contribution is 2.38. The Labute approximate surface area is 211 Å². The van der Waals surface area contributed by atoms with Crippen molar-refractivity contribution in [1.82, 2.24) is 19.5 Å². The summed E-state index contributed by atoms with van der Waals surface area (Å²) in [6.45, 7) is 4.14. The molecule has 0 aliphatic carbocycles. The highest BCUT2D eigenvalue weighted by molar-refractivity contribution is 6.01. The Bertz CT molecular complexity index is 1510. The highest BCUT2D eigenvalue weighted by Gasteiger charge is 2.38. The number of benzene rings is 2. The lowest BCUT2D eigenvalue weighted by atomic mass is 9.86. The molecule has 3 heterocycles. The minimum Gasteiger partial charge on any atom is -0.477 e. The summed E-state index contributed by atoms with van der Waals surface area (Å²) >= 11 is 0. The first-order valence-corrected chi connectivity index (χ1v) is 11.8. The van der Waals surface area contributed by atoms with Gasteiger partial charge in [-0.2, -0.15) is 9.61 Å². The van der Waals surface area contributed by atoms with Crippen molar-refractivity contribution in [1.29, 1.82) is 0 Å². The van der Waals surface area contributed by atoms with Gasteiger partial charge in [0.05, 0.1) is 6.20 Å². The fourth-order valence-electron chi connectivity index (χ4n) is 4.63. The van der Waals surface area contributed by atoms with Crippen LogP contribution in [0.2, 0.25) is 0 Å². The molecule has 0 atom stereocenters. The molecule has 2 aromatic heterocycles. The molecule has 0 unspecified atom stereocenters. The fourth-order valence-corrected chi connectivity index (χ4v) is 4.63. The number of hydrogen-bond acceptors (Lipinski definition) is 5. The van der Waals surface area contributed by atoms with Crippen molar-refractivity contribution in [3.63, 3.8) is 0 Å². The smallest absolute Gasteiger partial charge is 0.341 e. The van der Waals surface area contributed by atoms with Crippen molar-refractivity contribution < 1.29 is 23.5 Å². The van der Waals surface area contributed by atoms with Gasteiger partial charge in [-0.05, 0) is 48.7 Å². The molecule has 1 aliphatic rings. The SMILES string of the molecule is Cc1ccc(C)c(Nc2c(C(=O)N3CCC(F)(c4ccc(F)cc4)CC3)cnc3c(C(=O)O)cnn23)c1. The molecular weight excluding hydrogens is 480 g/mol. The molecule has 1 amide bonds. The molecule has 0 spiro atoms. The van der Waals surface area contributed by atoms with Gasteiger partial charge in [-0.3, -0.25) is 4.79 Å². The molecule has 2 aromatic carbocycles. The zero-order valence-corrected chi connectivity index (χ0v) is 20.3. The summed E-state index contributed by atoms with van der Waals surface area (Å²) in [5.41, 5.74) is 1.54. The second-order valence-corrected chi connectivity index (χ2v) is 9.33. The summed E-state index contributed by atoms with van der Waals surface area (Å²) in [7, 11) is 0. The highest BCUT2D eigenvalue weighted by atomic mass is 19.1. The first-order valence-electron chi connectivity index (χ1n) is 11.8. The van der Waals surface area contributed by atoms with E-state index in [1.165, 1.54) is 41.2 Å². The molecule has 0 radical (unpaired) electrons. The number of alkyl halides is 1. The number of carboxylic acid groups (broad SMARTS) is 1. The van der Waals surface area contributed by atoms with Gasteiger partial charge < -0.3 is 15.3 Å². The van der Waals surface area contributed by atoms with Gasteiger partial charge >= 0.3 is 5.97 Å². The number of aromatic carboxylic acids is 1. The number of amides is 1. The molecule has 1 saturated heterocycles. The molecule has 1 fully saturated rings. The number of piperidine rings is 1. The fraction of sp³-hybridized carbons (Fsp3) is 0.259. The molecule has 2 N–H and O–H groups in total. The average Bonchev–Trinajstić information content (AvgIpc) is 3.32. The van der Waals surface area contributed by atoms with Gasteiger partial charge in [0, 0.05) is 37.8 Å². The van der Waals surface area contributed by atoms with E-state index in [0.717, 1.165) is 16.8 Å². The number of fused-ring (bicyclic) bond motifs is 1. The normalized spacial score (nSPS) is 15.1. The number of carbonyl (C=O) groups excluding carboxylic acids is 1. The van der Waals surface area contributed by atoms with Crippen molar-refractivity contribution in [3.05, 3.63) is 88.5 Å². The van der Waals surface area contributed by atoms with E-state index in [0.29, 0.717) is 5.56 Å². The third kappa shape index (κ3) is 4.50. The summed E-state index contributed by atoms with van der Waals surface area (Å²) in [6.07, 6.45) is 2.64. The van der Waals surface area contributed by atoms with Gasteiger partial charge in [0.15, 0.2) is 5.65 Å². The topological polar surface area (TPSA) is 99.8 Å². The standard InChI is InChI=1S/C27H25F2N5O3/c1-16-3-4-17(2)22(13-16)32-24-20(14-30-23-21(26(36)37)15-31-34(23)24)25(35)33-11-9-27(29,10-12-33)18-5-7-19(28)8-6-18/h3-8,13-15,32H,9-12H2,1-2H3,(H,36,37). The zero-order chi connectivity index (χ0) is 26.3. The molecule has 37 heavy (non-hydrogen) atoms. The van der Waals surface area contributed by atoms with Crippen LogP contribution in [0, 0.1) is 19.7 Å². The van der Waals surface area contributed by atoms with Crippen LogP contribution < -0.4 is 5.32 Å². The van der Waals surface area contributed by atoms with Crippen LogP contribution in [0.5, 0.6) is 0 Å². The van der Waals surface area contributed by atoms with E-state index in [4.69, 9.17) is 0 Å². The number of carboxylic acids is 1. The average molecular weight is 506 g/mol. The lowest BCUT2D eigenvalue weighted by Crippen LogP contribution is -2.43. The summed E-state index contributed by atoms with van der Waals surface area (Å²) < 4.78 is 30.3. The number of aromatic nitrogens is 3. The zero-order valence-electron chi connectivity index (χ0n) is 20.3. The van der Waals surface area contributed by atoms with Crippen LogP contribution in [0.25, 0.3) is 5.65 Å². The van der Waals surface area contributed by atoms with Crippen LogP contribution >= 0.6 is 0 Å². The predicted molar refractivity (Wildman–Crippen MR) is 133 cm³/mol. The number of nitrogens with one attached hydrogen (secondary N) is 1. The van der Waals surface area contributed by atoms with Crippen LogP contribution in [-0.2, 0) is 5.67 Å². The molecule has 0 bridgehead atoms. The number of rotatable bonds is 5. The van der Waals surface area contributed by atoms with E-state index in [2.05, 4.69) is 15.4 Å². The summed E-state index contributed by atoms with van der Waals surface area (Å²) in [5, 5.41) is 17.0. The molecule has 4 aromatic rings. The number of likely N-dealkylation sites (tertiary alicyclic amines) is 1. The van der Waals surface area contributed by atoms with Crippen LogP contribution in [0.15, 0.2) is 54.9 Å². The Morgan fingerprint density at radius 1 is 1.03 bits per heavy atom. The van der Waals surface area contributed by atoms with Crippen LogP contribution in [0.3, 0.4) is 0 Å². The van der Waals surface area contributed by atoms with E-state index < -0.39 is 17.5 Å². The van der Waals surface area contributed by atoms with Crippen LogP contribution in [-0.4, -0.2) is 49.6 Å². The molecule has 10 heteroatoms. The second kappa shape index (κ2) is 9.27. The Hall–Kier alpha value is -4.34. The second-order valence-electron chi connectivity index (χ2n) is 9.33. The summed E-state index contributed by atoms with van der Waals surface area (Å²) in [4.78, 5) is 31.1. The predicted octanol–water partition coefficient (Wildman–Crippen LogP) is 5.03. The van der Waals surface area contributed by atoms with Crippen molar-refractivity contribution in [2.75, 3.05) is 18.4 Å².